The summed E-state index contributed by atoms with van der Waals surface area (Å²) in [6.07, 6.45) is 3.85. The third-order valence-electron chi connectivity index (χ3n) is 3.56. The van der Waals surface area contributed by atoms with E-state index in [2.05, 4.69) is 43.2 Å². The second-order valence-corrected chi connectivity index (χ2v) is 10.7. The molecule has 0 atom stereocenters. The van der Waals surface area contributed by atoms with Crippen molar-refractivity contribution in [2.24, 2.45) is 0 Å². The lowest BCUT2D eigenvalue weighted by atomic mass is 10.2. The molecule has 1 heterocycles. The average molecular weight is 315 g/mol. The highest BCUT2D eigenvalue weighted by molar-refractivity contribution is 6.89. The number of ether oxygens (including phenoxy) is 2. The third-order valence-corrected chi connectivity index (χ3v) is 6.34. The summed E-state index contributed by atoms with van der Waals surface area (Å²) in [5, 5.41) is 1.30. The number of hydrogen-bond acceptors (Lipinski definition) is 3. The SMILES string of the molecule is CCCOC[Si](C)(C)c1ccc(OCc2ccccc2)nc1. The Balaban J connectivity index is 1.92. The van der Waals surface area contributed by atoms with Gasteiger partial charge in [-0.2, -0.15) is 0 Å². The largest absolute Gasteiger partial charge is 0.473 e. The number of aromatic nitrogens is 1. The highest BCUT2D eigenvalue weighted by atomic mass is 28.3. The number of pyridine rings is 1. The molecule has 0 radical (unpaired) electrons. The molecule has 118 valence electrons. The summed E-state index contributed by atoms with van der Waals surface area (Å²) in [6, 6.07) is 14.2. The van der Waals surface area contributed by atoms with E-state index in [-0.39, 0.29) is 0 Å². The zero-order valence-electron chi connectivity index (χ0n) is 13.7. The smallest absolute Gasteiger partial charge is 0.213 e. The fraction of sp³-hybridized carbons (Fsp3) is 0.389. The van der Waals surface area contributed by atoms with Gasteiger partial charge in [0.05, 0.1) is 0 Å². The standard InChI is InChI=1S/C18H25NO2Si/c1-4-12-20-15-22(2,3)17-10-11-18(19-13-17)21-14-16-8-6-5-7-9-16/h5-11,13H,4,12,14-15H2,1-3H3. The van der Waals surface area contributed by atoms with E-state index in [0.29, 0.717) is 12.5 Å². The van der Waals surface area contributed by atoms with Crippen molar-refractivity contribution in [1.29, 1.82) is 0 Å². The normalized spacial score (nSPS) is 11.4. The van der Waals surface area contributed by atoms with Gasteiger partial charge in [0.1, 0.15) is 14.7 Å². The van der Waals surface area contributed by atoms with Gasteiger partial charge in [0.15, 0.2) is 0 Å². The fourth-order valence-corrected chi connectivity index (χ4v) is 3.92. The van der Waals surface area contributed by atoms with Crippen molar-refractivity contribution in [3.05, 3.63) is 54.2 Å². The van der Waals surface area contributed by atoms with Crippen LogP contribution < -0.4 is 9.92 Å². The Kier molecular flexibility index (Phi) is 6.16. The molecule has 0 fully saturated rings. The van der Waals surface area contributed by atoms with Crippen LogP contribution in [0.2, 0.25) is 13.1 Å². The maximum atomic E-state index is 5.74. The summed E-state index contributed by atoms with van der Waals surface area (Å²) < 4.78 is 11.5. The Hall–Kier alpha value is -1.65. The molecule has 3 nitrogen and oxygen atoms in total. The molecule has 1 aromatic carbocycles. The molecule has 0 spiro atoms. The van der Waals surface area contributed by atoms with Gasteiger partial charge in [-0.25, -0.2) is 4.98 Å². The Morgan fingerprint density at radius 2 is 1.82 bits per heavy atom. The summed E-state index contributed by atoms with van der Waals surface area (Å²) in [5.74, 6) is 0.673. The molecule has 0 unspecified atom stereocenters. The van der Waals surface area contributed by atoms with Crippen LogP contribution in [0, 0.1) is 0 Å². The lowest BCUT2D eigenvalue weighted by Gasteiger charge is -2.22. The molecule has 0 saturated heterocycles. The summed E-state index contributed by atoms with van der Waals surface area (Å²) in [6.45, 7) is 8.14. The summed E-state index contributed by atoms with van der Waals surface area (Å²) in [5.41, 5.74) is 1.15. The zero-order valence-corrected chi connectivity index (χ0v) is 14.7. The van der Waals surface area contributed by atoms with E-state index in [1.165, 1.54) is 5.19 Å². The van der Waals surface area contributed by atoms with Crippen LogP contribution in [0.5, 0.6) is 5.88 Å². The summed E-state index contributed by atoms with van der Waals surface area (Å²) in [7, 11) is -1.57. The minimum atomic E-state index is -1.57. The maximum Gasteiger partial charge on any atom is 0.213 e. The quantitative estimate of drug-likeness (QED) is 0.551. The van der Waals surface area contributed by atoms with Gasteiger partial charge in [-0.3, -0.25) is 0 Å². The molecule has 0 amide bonds. The lowest BCUT2D eigenvalue weighted by Crippen LogP contribution is -2.46. The predicted octanol–water partition coefficient (Wildman–Crippen LogP) is 3.54. The van der Waals surface area contributed by atoms with Gasteiger partial charge in [0.25, 0.3) is 0 Å². The number of nitrogens with zero attached hydrogens (tertiary/aromatic N) is 1. The number of benzene rings is 1. The highest BCUT2D eigenvalue weighted by Gasteiger charge is 2.24. The van der Waals surface area contributed by atoms with Gasteiger partial charge in [0.2, 0.25) is 5.88 Å². The van der Waals surface area contributed by atoms with Crippen LogP contribution in [0.25, 0.3) is 0 Å². The first-order valence-electron chi connectivity index (χ1n) is 7.83. The van der Waals surface area contributed by atoms with Gasteiger partial charge in [0, 0.05) is 25.1 Å². The van der Waals surface area contributed by atoms with Crippen molar-refractivity contribution in [1.82, 2.24) is 4.98 Å². The highest BCUT2D eigenvalue weighted by Crippen LogP contribution is 2.10. The van der Waals surface area contributed by atoms with Crippen LogP contribution in [-0.2, 0) is 11.3 Å². The van der Waals surface area contributed by atoms with E-state index < -0.39 is 8.07 Å². The van der Waals surface area contributed by atoms with Gasteiger partial charge >= 0.3 is 0 Å². The molecule has 0 aliphatic carbocycles. The van der Waals surface area contributed by atoms with E-state index in [4.69, 9.17) is 9.47 Å². The molecular weight excluding hydrogens is 290 g/mol. The first kappa shape index (κ1) is 16.7. The van der Waals surface area contributed by atoms with Crippen LogP contribution >= 0.6 is 0 Å². The monoisotopic (exact) mass is 315 g/mol. The van der Waals surface area contributed by atoms with Crippen molar-refractivity contribution in [2.45, 2.75) is 33.0 Å². The van der Waals surface area contributed by atoms with E-state index in [1.807, 2.05) is 30.5 Å². The molecule has 22 heavy (non-hydrogen) atoms. The van der Waals surface area contributed by atoms with Crippen molar-refractivity contribution in [2.75, 3.05) is 12.8 Å². The number of hydrogen-bond donors (Lipinski definition) is 0. The van der Waals surface area contributed by atoms with Crippen LogP contribution in [0.15, 0.2) is 48.7 Å². The van der Waals surface area contributed by atoms with Crippen molar-refractivity contribution in [3.8, 4) is 5.88 Å². The Bertz CT molecular complexity index is 555. The van der Waals surface area contributed by atoms with Crippen molar-refractivity contribution in [3.63, 3.8) is 0 Å². The molecule has 0 saturated carbocycles. The third kappa shape index (κ3) is 4.96. The molecule has 0 N–H and O–H groups in total. The molecule has 0 aliphatic heterocycles. The lowest BCUT2D eigenvalue weighted by molar-refractivity contribution is 0.174. The fourth-order valence-electron chi connectivity index (χ4n) is 2.15. The summed E-state index contributed by atoms with van der Waals surface area (Å²) in [4.78, 5) is 4.45. The van der Waals surface area contributed by atoms with Crippen LogP contribution in [0.3, 0.4) is 0 Å². The van der Waals surface area contributed by atoms with E-state index in [1.54, 1.807) is 0 Å². The molecule has 0 bridgehead atoms. The molecule has 0 aliphatic rings. The van der Waals surface area contributed by atoms with Crippen LogP contribution in [0.4, 0.5) is 0 Å². The van der Waals surface area contributed by atoms with Crippen LogP contribution in [-0.4, -0.2) is 25.9 Å². The summed E-state index contributed by atoms with van der Waals surface area (Å²) >= 11 is 0. The molecular formula is C18H25NO2Si. The minimum Gasteiger partial charge on any atom is -0.473 e. The second-order valence-electron chi connectivity index (χ2n) is 6.10. The first-order chi connectivity index (χ1) is 10.6. The second kappa shape index (κ2) is 8.10. The van der Waals surface area contributed by atoms with Gasteiger partial charge < -0.3 is 9.47 Å². The predicted molar refractivity (Wildman–Crippen MR) is 93.2 cm³/mol. The zero-order chi connectivity index (χ0) is 15.8. The van der Waals surface area contributed by atoms with E-state index in [0.717, 1.165) is 24.8 Å². The molecule has 2 aromatic rings. The van der Waals surface area contributed by atoms with Crippen LogP contribution in [0.1, 0.15) is 18.9 Å². The van der Waals surface area contributed by atoms with Gasteiger partial charge in [-0.15, -0.1) is 0 Å². The van der Waals surface area contributed by atoms with Crippen molar-refractivity contribution < 1.29 is 9.47 Å². The number of rotatable bonds is 8. The van der Waals surface area contributed by atoms with E-state index >= 15 is 0 Å². The Morgan fingerprint density at radius 1 is 1.05 bits per heavy atom. The average Bonchev–Trinajstić information content (AvgIpc) is 2.54. The molecule has 4 heteroatoms. The topological polar surface area (TPSA) is 31.4 Å². The van der Waals surface area contributed by atoms with Gasteiger partial charge in [-0.1, -0.05) is 56.4 Å². The Morgan fingerprint density at radius 3 is 2.45 bits per heavy atom. The molecule has 1 aromatic heterocycles. The Labute approximate surface area is 134 Å². The van der Waals surface area contributed by atoms with Crippen molar-refractivity contribution >= 4 is 13.3 Å². The molecule has 2 rings (SSSR count). The minimum absolute atomic E-state index is 0.549. The first-order valence-corrected chi connectivity index (χ1v) is 11.0. The van der Waals surface area contributed by atoms with E-state index in [9.17, 15) is 0 Å². The maximum absolute atomic E-state index is 5.74. The van der Waals surface area contributed by atoms with Gasteiger partial charge in [-0.05, 0) is 17.2 Å².